The van der Waals surface area contributed by atoms with Crippen LogP contribution in [0.25, 0.3) is 105 Å². The Kier molecular flexibility index (Phi) is 6.21. The summed E-state index contributed by atoms with van der Waals surface area (Å²) in [7, 11) is 0. The standard InChI is InChI=1S/C50H28N4O2/c51-27-29-9-15-37-38-16-10-30(28-52)22-46(38)54(45(37)21-29)34-14-20-50-42(26-34)40-24-32(12-18-48(40)56-50)31-11-17-47-39(23-31)41-25-33(13-19-49(41)55-47)53-43-7-3-1-5-35(43)36-6-2-4-8-44(36)53/h1-9,11-15,17-26H,10,16H2. The van der Waals surface area contributed by atoms with Gasteiger partial charge in [-0.25, -0.2) is 0 Å². The van der Waals surface area contributed by atoms with Crippen LogP contribution in [0.15, 0.2) is 154 Å². The van der Waals surface area contributed by atoms with E-state index in [1.54, 1.807) is 0 Å². The fraction of sp³-hybridized carbons (Fsp3) is 0.0400. The molecular weight excluding hydrogens is 689 g/mol. The van der Waals surface area contributed by atoms with Gasteiger partial charge in [0.15, 0.2) is 0 Å². The van der Waals surface area contributed by atoms with Crippen molar-refractivity contribution in [1.82, 2.24) is 9.13 Å². The van der Waals surface area contributed by atoms with Gasteiger partial charge in [0.25, 0.3) is 0 Å². The molecule has 4 aromatic heterocycles. The highest BCUT2D eigenvalue weighted by Crippen LogP contribution is 2.41. The van der Waals surface area contributed by atoms with Crippen molar-refractivity contribution in [3.8, 4) is 34.6 Å². The van der Waals surface area contributed by atoms with Crippen LogP contribution in [0, 0.1) is 22.7 Å². The SMILES string of the molecule is N#CC1=Cc2c(c3ccc(C#N)cc3n2-c2ccc3oc4ccc(-c5ccc6oc7ccc(-n8c9ccccc9c9ccccc98)cc7c6c5)cc4c3c2)CC1. The Morgan fingerprint density at radius 2 is 1.00 bits per heavy atom. The summed E-state index contributed by atoms with van der Waals surface area (Å²) in [4.78, 5) is 0. The predicted octanol–water partition coefficient (Wildman–Crippen LogP) is 12.9. The Labute approximate surface area is 319 Å². The molecular formula is C50H28N4O2. The first-order valence-corrected chi connectivity index (χ1v) is 18.7. The molecule has 0 aliphatic heterocycles. The molecule has 1 aliphatic carbocycles. The maximum absolute atomic E-state index is 9.82. The van der Waals surface area contributed by atoms with E-state index in [2.05, 4.69) is 137 Å². The average molecular weight is 717 g/mol. The Balaban J connectivity index is 1.01. The van der Waals surface area contributed by atoms with E-state index < -0.39 is 0 Å². The summed E-state index contributed by atoms with van der Waals surface area (Å²) in [6, 6.07) is 53.2. The lowest BCUT2D eigenvalue weighted by Gasteiger charge is -2.13. The molecule has 7 aromatic carbocycles. The van der Waals surface area contributed by atoms with Crippen LogP contribution >= 0.6 is 0 Å². The molecule has 56 heavy (non-hydrogen) atoms. The molecule has 11 aromatic rings. The van der Waals surface area contributed by atoms with Gasteiger partial charge < -0.3 is 18.0 Å². The van der Waals surface area contributed by atoms with Gasteiger partial charge in [0, 0.05) is 54.7 Å². The van der Waals surface area contributed by atoms with Gasteiger partial charge in [-0.1, -0.05) is 54.6 Å². The number of nitriles is 2. The highest BCUT2D eigenvalue weighted by Gasteiger charge is 2.23. The zero-order valence-corrected chi connectivity index (χ0v) is 29.9. The zero-order chi connectivity index (χ0) is 37.1. The van der Waals surface area contributed by atoms with E-state index in [1.807, 2.05) is 30.3 Å². The van der Waals surface area contributed by atoms with Crippen LogP contribution in [-0.2, 0) is 6.42 Å². The average Bonchev–Trinajstić information content (AvgIpc) is 3.99. The van der Waals surface area contributed by atoms with Crippen molar-refractivity contribution in [2.45, 2.75) is 12.8 Å². The molecule has 4 heterocycles. The third-order valence-corrected chi connectivity index (χ3v) is 11.7. The first-order valence-electron chi connectivity index (χ1n) is 18.7. The van der Waals surface area contributed by atoms with Crippen LogP contribution in [0.3, 0.4) is 0 Å². The number of fused-ring (bicyclic) bond motifs is 12. The molecule has 6 nitrogen and oxygen atoms in total. The second kappa shape index (κ2) is 11.4. The maximum Gasteiger partial charge on any atom is 0.135 e. The fourth-order valence-corrected chi connectivity index (χ4v) is 9.09. The number of para-hydroxylation sites is 2. The van der Waals surface area contributed by atoms with Crippen LogP contribution < -0.4 is 0 Å². The lowest BCUT2D eigenvalue weighted by atomic mass is 9.95. The van der Waals surface area contributed by atoms with Crippen molar-refractivity contribution in [3.05, 3.63) is 162 Å². The third-order valence-electron chi connectivity index (χ3n) is 11.7. The Morgan fingerprint density at radius 1 is 0.446 bits per heavy atom. The minimum atomic E-state index is 0.600. The van der Waals surface area contributed by atoms with Crippen molar-refractivity contribution < 1.29 is 8.83 Å². The number of aryl methyl sites for hydroxylation is 1. The highest BCUT2D eigenvalue weighted by atomic mass is 16.3. The molecule has 0 unspecified atom stereocenters. The van der Waals surface area contributed by atoms with E-state index in [0.29, 0.717) is 12.0 Å². The molecule has 260 valence electrons. The zero-order valence-electron chi connectivity index (χ0n) is 29.9. The van der Waals surface area contributed by atoms with Crippen LogP contribution in [0.4, 0.5) is 0 Å². The number of nitrogens with zero attached hydrogens (tertiary/aromatic N) is 4. The lowest BCUT2D eigenvalue weighted by molar-refractivity contribution is 0.668. The molecule has 0 saturated heterocycles. The van der Waals surface area contributed by atoms with Crippen molar-refractivity contribution >= 4 is 82.7 Å². The largest absolute Gasteiger partial charge is 0.456 e. The molecule has 0 atom stereocenters. The molecule has 6 heteroatoms. The summed E-state index contributed by atoms with van der Waals surface area (Å²) in [6.45, 7) is 0. The fourth-order valence-electron chi connectivity index (χ4n) is 9.09. The van der Waals surface area contributed by atoms with E-state index in [4.69, 9.17) is 8.83 Å². The summed E-state index contributed by atoms with van der Waals surface area (Å²) in [5.41, 5.74) is 14.3. The minimum Gasteiger partial charge on any atom is -0.456 e. The van der Waals surface area contributed by atoms with Crippen LogP contribution in [-0.4, -0.2) is 9.13 Å². The lowest BCUT2D eigenvalue weighted by Crippen LogP contribution is -2.02. The van der Waals surface area contributed by atoms with Gasteiger partial charge in [0.05, 0.1) is 39.9 Å². The molecule has 0 fully saturated rings. The second-order valence-corrected chi connectivity index (χ2v) is 14.7. The molecule has 0 radical (unpaired) electrons. The van der Waals surface area contributed by atoms with E-state index in [0.717, 1.165) is 95.0 Å². The third kappa shape index (κ3) is 4.30. The second-order valence-electron chi connectivity index (χ2n) is 14.7. The summed E-state index contributed by atoms with van der Waals surface area (Å²) in [5.74, 6) is 0. The number of aromatic nitrogens is 2. The summed E-state index contributed by atoms with van der Waals surface area (Å²) < 4.78 is 17.3. The molecule has 12 rings (SSSR count). The summed E-state index contributed by atoms with van der Waals surface area (Å²) in [5, 5.41) is 27.3. The molecule has 0 N–H and O–H groups in total. The Hall–Kier alpha value is -7.80. The quantitative estimate of drug-likeness (QED) is 0.182. The molecule has 0 saturated carbocycles. The number of hydrogen-bond acceptors (Lipinski definition) is 4. The Morgan fingerprint density at radius 3 is 1.59 bits per heavy atom. The van der Waals surface area contributed by atoms with Gasteiger partial charge >= 0.3 is 0 Å². The van der Waals surface area contributed by atoms with E-state index in [-0.39, 0.29) is 0 Å². The molecule has 0 spiro atoms. The highest BCUT2D eigenvalue weighted by molar-refractivity contribution is 6.12. The van der Waals surface area contributed by atoms with E-state index in [1.165, 1.54) is 27.4 Å². The van der Waals surface area contributed by atoms with Crippen molar-refractivity contribution in [1.29, 1.82) is 10.5 Å². The monoisotopic (exact) mass is 716 g/mol. The van der Waals surface area contributed by atoms with Gasteiger partial charge in [-0.2, -0.15) is 10.5 Å². The first-order chi connectivity index (χ1) is 27.6. The smallest absolute Gasteiger partial charge is 0.135 e. The van der Waals surface area contributed by atoms with Crippen LogP contribution in [0.2, 0.25) is 0 Å². The molecule has 1 aliphatic rings. The number of allylic oxidation sites excluding steroid dienone is 1. The predicted molar refractivity (Wildman–Crippen MR) is 224 cm³/mol. The van der Waals surface area contributed by atoms with E-state index >= 15 is 0 Å². The molecule has 0 bridgehead atoms. The van der Waals surface area contributed by atoms with E-state index in [9.17, 15) is 10.5 Å². The van der Waals surface area contributed by atoms with Gasteiger partial charge in [0.2, 0.25) is 0 Å². The number of hydrogen-bond donors (Lipinski definition) is 0. The van der Waals surface area contributed by atoms with Crippen molar-refractivity contribution in [2.24, 2.45) is 0 Å². The first kappa shape index (κ1) is 30.6. The van der Waals surface area contributed by atoms with Crippen molar-refractivity contribution in [3.63, 3.8) is 0 Å². The van der Waals surface area contributed by atoms with Gasteiger partial charge in [-0.05, 0) is 121 Å². The summed E-state index contributed by atoms with van der Waals surface area (Å²) in [6.07, 6.45) is 3.49. The number of rotatable bonds is 3. The number of benzene rings is 7. The topological polar surface area (TPSA) is 83.7 Å². The summed E-state index contributed by atoms with van der Waals surface area (Å²) >= 11 is 0. The normalized spacial score (nSPS) is 12.9. The maximum atomic E-state index is 9.82. The Bertz CT molecular complexity index is 3580. The van der Waals surface area contributed by atoms with Gasteiger partial charge in [-0.3, -0.25) is 0 Å². The van der Waals surface area contributed by atoms with Gasteiger partial charge in [-0.15, -0.1) is 0 Å². The van der Waals surface area contributed by atoms with Crippen molar-refractivity contribution in [2.75, 3.05) is 0 Å². The molecule has 0 amide bonds. The minimum absolute atomic E-state index is 0.600. The van der Waals surface area contributed by atoms with Crippen LogP contribution in [0.1, 0.15) is 23.2 Å². The van der Waals surface area contributed by atoms with Crippen LogP contribution in [0.5, 0.6) is 0 Å². The van der Waals surface area contributed by atoms with Gasteiger partial charge in [0.1, 0.15) is 22.3 Å². The number of furan rings is 2.